The Bertz CT molecular complexity index is 270. The van der Waals surface area contributed by atoms with E-state index in [0.29, 0.717) is 19.5 Å². The SMILES string of the molecule is CN(Cc1cn[nH]c1)C(=O)CCCN. The molecule has 0 saturated carbocycles. The topological polar surface area (TPSA) is 75.0 Å². The molecule has 0 aromatic carbocycles. The van der Waals surface area contributed by atoms with Gasteiger partial charge in [-0.2, -0.15) is 5.10 Å². The highest BCUT2D eigenvalue weighted by atomic mass is 16.2. The molecule has 0 spiro atoms. The van der Waals surface area contributed by atoms with Gasteiger partial charge in [-0.05, 0) is 13.0 Å². The number of carbonyl (C=O) groups excluding carboxylic acids is 1. The monoisotopic (exact) mass is 196 g/mol. The number of amides is 1. The number of aromatic nitrogens is 2. The molecule has 0 aliphatic heterocycles. The molecular weight excluding hydrogens is 180 g/mol. The first-order valence-electron chi connectivity index (χ1n) is 4.65. The lowest BCUT2D eigenvalue weighted by molar-refractivity contribution is -0.130. The largest absolute Gasteiger partial charge is 0.341 e. The molecule has 5 heteroatoms. The second-order valence-corrected chi connectivity index (χ2v) is 3.25. The predicted molar refractivity (Wildman–Crippen MR) is 53.4 cm³/mol. The van der Waals surface area contributed by atoms with Crippen molar-refractivity contribution in [1.82, 2.24) is 15.1 Å². The van der Waals surface area contributed by atoms with Gasteiger partial charge in [0, 0.05) is 31.8 Å². The summed E-state index contributed by atoms with van der Waals surface area (Å²) in [6.07, 6.45) is 4.76. The normalized spacial score (nSPS) is 10.1. The number of aromatic amines is 1. The Morgan fingerprint density at radius 1 is 1.71 bits per heavy atom. The van der Waals surface area contributed by atoms with Gasteiger partial charge < -0.3 is 10.6 Å². The molecule has 1 rings (SSSR count). The lowest BCUT2D eigenvalue weighted by Crippen LogP contribution is -2.26. The minimum absolute atomic E-state index is 0.122. The van der Waals surface area contributed by atoms with Gasteiger partial charge in [-0.3, -0.25) is 9.89 Å². The van der Waals surface area contributed by atoms with E-state index in [0.717, 1.165) is 12.0 Å². The van der Waals surface area contributed by atoms with Crippen molar-refractivity contribution in [3.05, 3.63) is 18.0 Å². The molecule has 1 aromatic heterocycles. The molecule has 0 atom stereocenters. The number of nitrogens with zero attached hydrogens (tertiary/aromatic N) is 2. The van der Waals surface area contributed by atoms with Crippen LogP contribution in [0.1, 0.15) is 18.4 Å². The highest BCUT2D eigenvalue weighted by Crippen LogP contribution is 2.02. The molecule has 0 bridgehead atoms. The van der Waals surface area contributed by atoms with E-state index >= 15 is 0 Å². The van der Waals surface area contributed by atoms with Gasteiger partial charge in [0.15, 0.2) is 0 Å². The van der Waals surface area contributed by atoms with E-state index in [4.69, 9.17) is 5.73 Å². The summed E-state index contributed by atoms with van der Waals surface area (Å²) in [5.41, 5.74) is 6.34. The Kier molecular flexibility index (Phi) is 4.12. The number of rotatable bonds is 5. The number of carbonyl (C=O) groups is 1. The smallest absolute Gasteiger partial charge is 0.222 e. The Morgan fingerprint density at radius 2 is 2.50 bits per heavy atom. The molecule has 0 radical (unpaired) electrons. The Labute approximate surface area is 83.3 Å². The first kappa shape index (κ1) is 10.7. The van der Waals surface area contributed by atoms with Gasteiger partial charge in [-0.1, -0.05) is 0 Å². The van der Waals surface area contributed by atoms with E-state index in [2.05, 4.69) is 10.2 Å². The molecule has 1 heterocycles. The fraction of sp³-hybridized carbons (Fsp3) is 0.556. The molecule has 0 aliphatic carbocycles. The van der Waals surface area contributed by atoms with E-state index < -0.39 is 0 Å². The van der Waals surface area contributed by atoms with Gasteiger partial charge in [0.25, 0.3) is 0 Å². The van der Waals surface area contributed by atoms with Gasteiger partial charge in [-0.25, -0.2) is 0 Å². The van der Waals surface area contributed by atoms with Crippen LogP contribution in [0, 0.1) is 0 Å². The highest BCUT2D eigenvalue weighted by molar-refractivity contribution is 5.75. The summed E-state index contributed by atoms with van der Waals surface area (Å²) in [4.78, 5) is 13.1. The lowest BCUT2D eigenvalue weighted by Gasteiger charge is -2.15. The van der Waals surface area contributed by atoms with Crippen molar-refractivity contribution in [2.45, 2.75) is 19.4 Å². The number of hydrogen-bond donors (Lipinski definition) is 2. The summed E-state index contributed by atoms with van der Waals surface area (Å²) >= 11 is 0. The predicted octanol–water partition coefficient (Wildman–Crippen LogP) is 0.107. The molecule has 78 valence electrons. The molecule has 3 N–H and O–H groups in total. The zero-order chi connectivity index (χ0) is 10.4. The fourth-order valence-corrected chi connectivity index (χ4v) is 1.17. The van der Waals surface area contributed by atoms with Crippen LogP contribution >= 0.6 is 0 Å². The molecule has 14 heavy (non-hydrogen) atoms. The van der Waals surface area contributed by atoms with Crippen molar-refractivity contribution >= 4 is 5.91 Å². The summed E-state index contributed by atoms with van der Waals surface area (Å²) in [5, 5.41) is 6.52. The first-order chi connectivity index (χ1) is 6.74. The van der Waals surface area contributed by atoms with E-state index in [-0.39, 0.29) is 5.91 Å². The summed E-state index contributed by atoms with van der Waals surface area (Å²) in [6.45, 7) is 1.16. The Hall–Kier alpha value is -1.36. The Morgan fingerprint density at radius 3 is 3.07 bits per heavy atom. The van der Waals surface area contributed by atoms with Gasteiger partial charge in [0.2, 0.25) is 5.91 Å². The summed E-state index contributed by atoms with van der Waals surface area (Å²) in [6, 6.07) is 0. The van der Waals surface area contributed by atoms with E-state index in [1.54, 1.807) is 24.3 Å². The van der Waals surface area contributed by atoms with Gasteiger partial charge in [0.05, 0.1) is 6.20 Å². The van der Waals surface area contributed by atoms with Crippen LogP contribution in [0.3, 0.4) is 0 Å². The molecule has 0 saturated heterocycles. The summed E-state index contributed by atoms with van der Waals surface area (Å²) in [7, 11) is 1.78. The minimum Gasteiger partial charge on any atom is -0.341 e. The summed E-state index contributed by atoms with van der Waals surface area (Å²) in [5.74, 6) is 0.122. The molecule has 1 aromatic rings. The molecule has 0 fully saturated rings. The maximum atomic E-state index is 11.5. The van der Waals surface area contributed by atoms with Gasteiger partial charge in [0.1, 0.15) is 0 Å². The molecule has 0 unspecified atom stereocenters. The fourth-order valence-electron chi connectivity index (χ4n) is 1.17. The van der Waals surface area contributed by atoms with E-state index in [1.165, 1.54) is 0 Å². The van der Waals surface area contributed by atoms with Gasteiger partial charge >= 0.3 is 0 Å². The molecule has 0 aliphatic rings. The second kappa shape index (κ2) is 5.39. The van der Waals surface area contributed by atoms with Crippen LogP contribution in [-0.4, -0.2) is 34.6 Å². The minimum atomic E-state index is 0.122. The standard InChI is InChI=1S/C9H16N4O/c1-13(9(14)3-2-4-10)7-8-5-11-12-6-8/h5-6H,2-4,7,10H2,1H3,(H,11,12). The third-order valence-electron chi connectivity index (χ3n) is 2.00. The third kappa shape index (κ3) is 3.18. The average molecular weight is 196 g/mol. The second-order valence-electron chi connectivity index (χ2n) is 3.25. The maximum absolute atomic E-state index is 11.5. The summed E-state index contributed by atoms with van der Waals surface area (Å²) < 4.78 is 0. The van der Waals surface area contributed by atoms with Crippen molar-refractivity contribution in [2.75, 3.05) is 13.6 Å². The number of nitrogens with one attached hydrogen (secondary N) is 1. The van der Waals surface area contributed by atoms with Crippen LogP contribution in [0.2, 0.25) is 0 Å². The number of nitrogens with two attached hydrogens (primary N) is 1. The van der Waals surface area contributed by atoms with Crippen molar-refractivity contribution in [3.8, 4) is 0 Å². The maximum Gasteiger partial charge on any atom is 0.222 e. The zero-order valence-corrected chi connectivity index (χ0v) is 8.36. The zero-order valence-electron chi connectivity index (χ0n) is 8.36. The number of H-pyrrole nitrogens is 1. The van der Waals surface area contributed by atoms with Crippen LogP contribution in [0.25, 0.3) is 0 Å². The lowest BCUT2D eigenvalue weighted by atomic mass is 10.2. The van der Waals surface area contributed by atoms with Crippen LogP contribution in [0.4, 0.5) is 0 Å². The van der Waals surface area contributed by atoms with Crippen LogP contribution in [-0.2, 0) is 11.3 Å². The highest BCUT2D eigenvalue weighted by Gasteiger charge is 2.08. The van der Waals surface area contributed by atoms with Crippen LogP contribution in [0.15, 0.2) is 12.4 Å². The van der Waals surface area contributed by atoms with E-state index in [1.807, 2.05) is 0 Å². The number of hydrogen-bond acceptors (Lipinski definition) is 3. The van der Waals surface area contributed by atoms with Crippen LogP contribution in [0.5, 0.6) is 0 Å². The quantitative estimate of drug-likeness (QED) is 0.701. The van der Waals surface area contributed by atoms with Crippen molar-refractivity contribution in [3.63, 3.8) is 0 Å². The molecule has 1 amide bonds. The first-order valence-corrected chi connectivity index (χ1v) is 4.65. The van der Waals surface area contributed by atoms with Crippen molar-refractivity contribution in [1.29, 1.82) is 0 Å². The van der Waals surface area contributed by atoms with Crippen molar-refractivity contribution in [2.24, 2.45) is 5.73 Å². The van der Waals surface area contributed by atoms with Crippen LogP contribution < -0.4 is 5.73 Å². The Balaban J connectivity index is 2.34. The van der Waals surface area contributed by atoms with Crippen molar-refractivity contribution < 1.29 is 4.79 Å². The third-order valence-corrected chi connectivity index (χ3v) is 2.00. The van der Waals surface area contributed by atoms with Gasteiger partial charge in [-0.15, -0.1) is 0 Å². The average Bonchev–Trinajstić information content (AvgIpc) is 2.66. The van der Waals surface area contributed by atoms with E-state index in [9.17, 15) is 4.79 Å². The molecular formula is C9H16N4O. The molecule has 5 nitrogen and oxygen atoms in total.